The van der Waals surface area contributed by atoms with E-state index in [9.17, 15) is 4.79 Å². The summed E-state index contributed by atoms with van der Waals surface area (Å²) in [7, 11) is 0. The van der Waals surface area contributed by atoms with Crippen LogP contribution in [0.1, 0.15) is 71.8 Å². The summed E-state index contributed by atoms with van der Waals surface area (Å²) < 4.78 is 1.94. The van der Waals surface area contributed by atoms with Crippen molar-refractivity contribution >= 4 is 5.91 Å². The van der Waals surface area contributed by atoms with Gasteiger partial charge in [-0.25, -0.2) is 9.67 Å². The van der Waals surface area contributed by atoms with Gasteiger partial charge in [-0.15, -0.1) is 0 Å². The van der Waals surface area contributed by atoms with E-state index in [1.807, 2.05) is 4.68 Å². The molecule has 0 atom stereocenters. The van der Waals surface area contributed by atoms with Gasteiger partial charge in [0.2, 0.25) is 5.91 Å². The summed E-state index contributed by atoms with van der Waals surface area (Å²) in [6.45, 7) is 8.77. The minimum Gasteiger partial charge on any atom is -0.343 e. The lowest BCUT2D eigenvalue weighted by atomic mass is 9.69. The molecule has 0 radical (unpaired) electrons. The molecule has 1 saturated carbocycles. The maximum absolute atomic E-state index is 12.6. The lowest BCUT2D eigenvalue weighted by molar-refractivity contribution is -0.133. The van der Waals surface area contributed by atoms with E-state index >= 15 is 0 Å². The molecule has 5 nitrogen and oxygen atoms in total. The Morgan fingerprint density at radius 1 is 1.08 bits per heavy atom. The third-order valence-electron chi connectivity index (χ3n) is 6.16. The first-order valence-electron chi connectivity index (χ1n) is 9.55. The molecule has 1 aliphatic heterocycles. The molecule has 3 rings (SSSR count). The fourth-order valence-corrected chi connectivity index (χ4v) is 4.39. The Morgan fingerprint density at radius 3 is 2.29 bits per heavy atom. The van der Waals surface area contributed by atoms with Crippen LogP contribution in [-0.4, -0.2) is 38.7 Å². The highest BCUT2D eigenvalue weighted by Gasteiger charge is 2.32. The van der Waals surface area contributed by atoms with Crippen molar-refractivity contribution in [1.82, 2.24) is 19.7 Å². The highest BCUT2D eigenvalue weighted by atomic mass is 16.2. The first kappa shape index (κ1) is 17.4. The van der Waals surface area contributed by atoms with E-state index in [4.69, 9.17) is 0 Å². The van der Waals surface area contributed by atoms with E-state index in [2.05, 4.69) is 35.8 Å². The number of likely N-dealkylation sites (tertiary alicyclic amines) is 1. The molecule has 0 unspecified atom stereocenters. The second kappa shape index (κ2) is 7.24. The van der Waals surface area contributed by atoms with Crippen LogP contribution in [0.25, 0.3) is 0 Å². The fraction of sp³-hybridized carbons (Fsp3) is 0.842. The van der Waals surface area contributed by atoms with Crippen molar-refractivity contribution < 1.29 is 4.79 Å². The Kier molecular flexibility index (Phi) is 5.26. The van der Waals surface area contributed by atoms with Gasteiger partial charge in [-0.05, 0) is 55.8 Å². The number of carbonyl (C=O) groups is 1. The zero-order valence-electron chi connectivity index (χ0n) is 15.4. The van der Waals surface area contributed by atoms with Crippen molar-refractivity contribution in [2.75, 3.05) is 13.1 Å². The van der Waals surface area contributed by atoms with Crippen LogP contribution in [0.15, 0.2) is 12.7 Å². The number of nitrogens with zero attached hydrogens (tertiary/aromatic N) is 4. The Labute approximate surface area is 145 Å². The predicted octanol–water partition coefficient (Wildman–Crippen LogP) is 3.68. The molecule has 1 amide bonds. The van der Waals surface area contributed by atoms with Crippen LogP contribution in [-0.2, 0) is 4.79 Å². The SMILES string of the molecule is CC(C)(C)C1CCC(CC(=O)N2CCC(n3cncn3)CC2)CC1. The summed E-state index contributed by atoms with van der Waals surface area (Å²) in [5.41, 5.74) is 0.415. The minimum absolute atomic E-state index is 0.367. The number of aromatic nitrogens is 3. The summed E-state index contributed by atoms with van der Waals surface area (Å²) in [5.74, 6) is 1.79. The second-order valence-electron chi connectivity index (χ2n) is 8.78. The van der Waals surface area contributed by atoms with Gasteiger partial charge in [-0.2, -0.15) is 5.10 Å². The van der Waals surface area contributed by atoms with Gasteiger partial charge in [0, 0.05) is 19.5 Å². The van der Waals surface area contributed by atoms with E-state index in [0.29, 0.717) is 23.3 Å². The van der Waals surface area contributed by atoms with Crippen molar-refractivity contribution in [2.45, 2.75) is 71.8 Å². The van der Waals surface area contributed by atoms with E-state index in [1.165, 1.54) is 25.7 Å². The monoisotopic (exact) mass is 332 g/mol. The van der Waals surface area contributed by atoms with Crippen LogP contribution in [0.2, 0.25) is 0 Å². The first-order valence-corrected chi connectivity index (χ1v) is 9.55. The summed E-state index contributed by atoms with van der Waals surface area (Å²) in [6.07, 6.45) is 11.1. The van der Waals surface area contributed by atoms with Crippen LogP contribution in [0.5, 0.6) is 0 Å². The molecule has 2 fully saturated rings. The number of carbonyl (C=O) groups excluding carboxylic acids is 1. The normalized spacial score (nSPS) is 26.5. The molecular weight excluding hydrogens is 300 g/mol. The summed E-state index contributed by atoms with van der Waals surface area (Å²) in [5, 5.41) is 4.23. The van der Waals surface area contributed by atoms with E-state index in [0.717, 1.165) is 38.3 Å². The Bertz CT molecular complexity index is 518. The quantitative estimate of drug-likeness (QED) is 0.848. The van der Waals surface area contributed by atoms with E-state index < -0.39 is 0 Å². The third kappa shape index (κ3) is 4.17. The highest BCUT2D eigenvalue weighted by Crippen LogP contribution is 2.40. The number of piperidine rings is 1. The molecule has 0 spiro atoms. The van der Waals surface area contributed by atoms with E-state index in [-0.39, 0.29) is 0 Å². The van der Waals surface area contributed by atoms with Crippen LogP contribution < -0.4 is 0 Å². The lowest BCUT2D eigenvalue weighted by Crippen LogP contribution is -2.40. The molecular formula is C19H32N4O. The van der Waals surface area contributed by atoms with Gasteiger partial charge in [-0.1, -0.05) is 20.8 Å². The molecule has 1 aliphatic carbocycles. The standard InChI is InChI=1S/C19H32N4O/c1-19(2,3)16-6-4-15(5-7-16)12-18(24)22-10-8-17(9-11-22)23-14-20-13-21-23/h13-17H,4-12H2,1-3H3. The van der Waals surface area contributed by atoms with Crippen LogP contribution >= 0.6 is 0 Å². The molecule has 2 aliphatic rings. The molecule has 2 heterocycles. The van der Waals surface area contributed by atoms with Gasteiger partial charge >= 0.3 is 0 Å². The summed E-state index contributed by atoms with van der Waals surface area (Å²) in [4.78, 5) is 18.7. The smallest absolute Gasteiger partial charge is 0.222 e. The molecule has 134 valence electrons. The van der Waals surface area contributed by atoms with Gasteiger partial charge in [-0.3, -0.25) is 4.79 Å². The maximum Gasteiger partial charge on any atom is 0.222 e. The molecule has 0 bridgehead atoms. The van der Waals surface area contributed by atoms with Crippen molar-refractivity contribution in [1.29, 1.82) is 0 Å². The van der Waals surface area contributed by atoms with Crippen LogP contribution in [0.4, 0.5) is 0 Å². The topological polar surface area (TPSA) is 51.0 Å². The Morgan fingerprint density at radius 2 is 1.75 bits per heavy atom. The zero-order chi connectivity index (χ0) is 17.2. The number of hydrogen-bond acceptors (Lipinski definition) is 3. The Balaban J connectivity index is 1.42. The third-order valence-corrected chi connectivity index (χ3v) is 6.16. The van der Waals surface area contributed by atoms with Crippen molar-refractivity contribution in [3.8, 4) is 0 Å². The van der Waals surface area contributed by atoms with Gasteiger partial charge in [0.25, 0.3) is 0 Å². The van der Waals surface area contributed by atoms with Crippen LogP contribution in [0.3, 0.4) is 0 Å². The van der Waals surface area contributed by atoms with Crippen molar-refractivity contribution in [3.05, 3.63) is 12.7 Å². The predicted molar refractivity (Wildman–Crippen MR) is 94.4 cm³/mol. The van der Waals surface area contributed by atoms with Gasteiger partial charge in [0.15, 0.2) is 0 Å². The molecule has 0 aromatic carbocycles. The highest BCUT2D eigenvalue weighted by molar-refractivity contribution is 5.76. The van der Waals surface area contributed by atoms with E-state index in [1.54, 1.807) is 12.7 Å². The summed E-state index contributed by atoms with van der Waals surface area (Å²) >= 11 is 0. The van der Waals surface area contributed by atoms with Gasteiger partial charge < -0.3 is 4.90 Å². The Hall–Kier alpha value is -1.39. The fourth-order valence-electron chi connectivity index (χ4n) is 4.39. The van der Waals surface area contributed by atoms with Crippen LogP contribution in [0, 0.1) is 17.3 Å². The molecule has 1 saturated heterocycles. The average molecular weight is 332 g/mol. The first-order chi connectivity index (χ1) is 11.4. The van der Waals surface area contributed by atoms with Crippen molar-refractivity contribution in [3.63, 3.8) is 0 Å². The summed E-state index contributed by atoms with van der Waals surface area (Å²) in [6, 6.07) is 0.402. The minimum atomic E-state index is 0.367. The molecule has 1 aromatic rings. The number of rotatable bonds is 3. The van der Waals surface area contributed by atoms with Crippen molar-refractivity contribution in [2.24, 2.45) is 17.3 Å². The average Bonchev–Trinajstić information content (AvgIpc) is 3.09. The molecule has 5 heteroatoms. The largest absolute Gasteiger partial charge is 0.343 e. The maximum atomic E-state index is 12.6. The molecule has 0 N–H and O–H groups in total. The molecule has 24 heavy (non-hydrogen) atoms. The zero-order valence-corrected chi connectivity index (χ0v) is 15.4. The lowest BCUT2D eigenvalue weighted by Gasteiger charge is -2.38. The number of hydrogen-bond donors (Lipinski definition) is 0. The van der Waals surface area contributed by atoms with Gasteiger partial charge in [0.1, 0.15) is 12.7 Å². The second-order valence-corrected chi connectivity index (χ2v) is 8.78. The van der Waals surface area contributed by atoms with Gasteiger partial charge in [0.05, 0.1) is 6.04 Å². The number of amides is 1. The molecule has 1 aromatic heterocycles.